The molecule has 0 bridgehead atoms. The van der Waals surface area contributed by atoms with Crippen LogP contribution < -0.4 is 10.5 Å². The van der Waals surface area contributed by atoms with Gasteiger partial charge in [-0.2, -0.15) is 0 Å². The molecule has 0 radical (unpaired) electrons. The van der Waals surface area contributed by atoms with Gasteiger partial charge < -0.3 is 14.9 Å². The number of hydrogen-bond acceptors (Lipinski definition) is 3. The van der Waals surface area contributed by atoms with Crippen LogP contribution in [0.1, 0.15) is 22.3 Å². The molecule has 1 aliphatic heterocycles. The Labute approximate surface area is 295 Å². The van der Waals surface area contributed by atoms with Crippen molar-refractivity contribution in [2.45, 2.75) is 13.0 Å². The van der Waals surface area contributed by atoms with Crippen LogP contribution >= 0.6 is 0 Å². The second kappa shape index (κ2) is 12.6. The minimum Gasteiger partial charge on any atom is -0.461 e. The Kier molecular flexibility index (Phi) is 7.51. The van der Waals surface area contributed by atoms with Gasteiger partial charge in [-0.3, -0.25) is 4.99 Å². The van der Waals surface area contributed by atoms with Crippen molar-refractivity contribution in [3.8, 4) is 5.75 Å². The Morgan fingerprint density at radius 1 is 0.667 bits per heavy atom. The van der Waals surface area contributed by atoms with E-state index in [-0.39, 0.29) is 0 Å². The van der Waals surface area contributed by atoms with E-state index in [1.807, 2.05) is 66.8 Å². The number of rotatable bonds is 6. The second-order valence-corrected chi connectivity index (χ2v) is 12.8. The highest BCUT2D eigenvalue weighted by Gasteiger charge is 2.19. The molecule has 244 valence electrons. The maximum Gasteiger partial charge on any atom is 0.157 e. The lowest BCUT2D eigenvalue weighted by Crippen LogP contribution is -2.16. The highest BCUT2D eigenvalue weighted by molar-refractivity contribution is 6.17. The number of aliphatic imine (C=N–C) groups is 2. The molecule has 7 aromatic carbocycles. The predicted molar refractivity (Wildman–Crippen MR) is 212 cm³/mol. The third-order valence-electron chi connectivity index (χ3n) is 9.57. The van der Waals surface area contributed by atoms with Crippen molar-refractivity contribution in [3.05, 3.63) is 186 Å². The third kappa shape index (κ3) is 5.65. The molecule has 2 heterocycles. The third-order valence-corrected chi connectivity index (χ3v) is 9.57. The first-order valence-corrected chi connectivity index (χ1v) is 17.0. The van der Waals surface area contributed by atoms with Crippen LogP contribution in [0.15, 0.2) is 178 Å². The predicted octanol–water partition coefficient (Wildman–Crippen LogP) is 11.0. The molecule has 0 fully saturated rings. The Hall–Kier alpha value is -6.72. The fraction of sp³-hybridized carbons (Fsp3) is 0.0435. The average Bonchev–Trinajstić information content (AvgIpc) is 3.76. The molecule has 51 heavy (non-hydrogen) atoms. The monoisotopic (exact) mass is 659 g/mol. The highest BCUT2D eigenvalue weighted by Crippen LogP contribution is 2.34. The van der Waals surface area contributed by atoms with Crippen LogP contribution in [0.2, 0.25) is 0 Å². The van der Waals surface area contributed by atoms with Gasteiger partial charge in [0.15, 0.2) is 5.84 Å². The highest BCUT2D eigenvalue weighted by atomic mass is 16.5. The zero-order valence-electron chi connectivity index (χ0n) is 27.8. The molecule has 2 N–H and O–H groups in total. The van der Waals surface area contributed by atoms with E-state index in [1.165, 1.54) is 32.3 Å². The molecule has 0 spiro atoms. The van der Waals surface area contributed by atoms with Gasteiger partial charge in [-0.1, -0.05) is 104 Å². The summed E-state index contributed by atoms with van der Waals surface area (Å²) in [6.07, 6.45) is 8.17. The standard InChI is InChI=1S/C46H33N3O2/c1-2-3-4-10-35-26-34-25-32(17-22-42(34)50-35)45(47)49-46(33-18-23-44-41(27-33)40-12-7-8-13-43(40)51-44)48-28-29-14-19-37-31(24-29)16-21-38-36-11-6-5-9-30(36)15-20-39(37)38/h2-25,27H,1,26,28H2,(H2,47,48,49)/b4-3-,35-10+. The number of allylic oxidation sites excluding steroid dienone is 5. The van der Waals surface area contributed by atoms with E-state index in [1.54, 1.807) is 6.08 Å². The van der Waals surface area contributed by atoms with E-state index in [2.05, 4.69) is 85.4 Å². The normalized spacial score (nSPS) is 14.4. The van der Waals surface area contributed by atoms with Gasteiger partial charge in [0.2, 0.25) is 0 Å². The summed E-state index contributed by atoms with van der Waals surface area (Å²) in [5.74, 6) is 2.63. The van der Waals surface area contributed by atoms with E-state index < -0.39 is 0 Å². The molecule has 1 aromatic heterocycles. The minimum atomic E-state index is 0.384. The summed E-state index contributed by atoms with van der Waals surface area (Å²) in [5.41, 5.74) is 12.2. The van der Waals surface area contributed by atoms with Crippen molar-refractivity contribution in [2.24, 2.45) is 15.7 Å². The minimum absolute atomic E-state index is 0.384. The quantitative estimate of drug-likeness (QED) is 0.0835. The molecule has 0 amide bonds. The maximum absolute atomic E-state index is 6.75. The van der Waals surface area contributed by atoms with Gasteiger partial charge in [-0.15, -0.1) is 0 Å². The summed E-state index contributed by atoms with van der Waals surface area (Å²) in [4.78, 5) is 10.1. The van der Waals surface area contributed by atoms with E-state index in [0.29, 0.717) is 24.6 Å². The second-order valence-electron chi connectivity index (χ2n) is 12.8. The summed E-state index contributed by atoms with van der Waals surface area (Å²) in [5, 5.41) is 9.47. The summed E-state index contributed by atoms with van der Waals surface area (Å²) in [7, 11) is 0. The number of amidine groups is 2. The average molecular weight is 660 g/mol. The van der Waals surface area contributed by atoms with Crippen LogP contribution in [0.25, 0.3) is 54.3 Å². The molecule has 0 aliphatic carbocycles. The number of nitrogens with zero attached hydrogens (tertiary/aromatic N) is 2. The number of fused-ring (bicyclic) bond motifs is 9. The Bertz CT molecular complexity index is 2820. The molecule has 9 rings (SSSR count). The number of hydrogen-bond donors (Lipinski definition) is 1. The molecule has 5 heteroatoms. The molecule has 8 aromatic rings. The Morgan fingerprint density at radius 2 is 1.41 bits per heavy atom. The molecule has 0 saturated heterocycles. The van der Waals surface area contributed by atoms with Gasteiger partial charge in [0.1, 0.15) is 28.5 Å². The van der Waals surface area contributed by atoms with E-state index in [0.717, 1.165) is 55.7 Å². The molecule has 1 aliphatic rings. The molecule has 0 atom stereocenters. The zero-order chi connectivity index (χ0) is 34.3. The van der Waals surface area contributed by atoms with E-state index >= 15 is 0 Å². The van der Waals surface area contributed by atoms with E-state index in [4.69, 9.17) is 24.9 Å². The van der Waals surface area contributed by atoms with Crippen LogP contribution in [-0.2, 0) is 13.0 Å². The lowest BCUT2D eigenvalue weighted by molar-refractivity contribution is 0.446. The van der Waals surface area contributed by atoms with Gasteiger partial charge in [-0.25, -0.2) is 4.99 Å². The summed E-state index contributed by atoms with van der Waals surface area (Å²) in [6, 6.07) is 44.1. The lowest BCUT2D eigenvalue weighted by atomic mass is 9.96. The fourth-order valence-electron chi connectivity index (χ4n) is 7.05. The lowest BCUT2D eigenvalue weighted by Gasteiger charge is -2.09. The number of ether oxygens (including phenoxy) is 1. The number of nitrogens with two attached hydrogens (primary N) is 1. The SMILES string of the molecule is C=C/C=C\C=C1/Cc2cc(C(N)=NC(=NCc3ccc4c(ccc5c6ccccc6ccc45)c3)c3ccc4oc5ccccc5c4c3)ccc2O1. The van der Waals surface area contributed by atoms with Crippen LogP contribution in [0.5, 0.6) is 5.75 Å². The first kappa shape index (κ1) is 30.3. The summed E-state index contributed by atoms with van der Waals surface area (Å²) < 4.78 is 12.1. The summed E-state index contributed by atoms with van der Waals surface area (Å²) >= 11 is 0. The smallest absolute Gasteiger partial charge is 0.157 e. The number of benzene rings is 7. The molecular weight excluding hydrogens is 627 g/mol. The summed E-state index contributed by atoms with van der Waals surface area (Å²) in [6.45, 7) is 4.17. The van der Waals surface area contributed by atoms with Crippen LogP contribution in [0.3, 0.4) is 0 Å². The van der Waals surface area contributed by atoms with Crippen molar-refractivity contribution in [1.82, 2.24) is 0 Å². The maximum atomic E-state index is 6.75. The van der Waals surface area contributed by atoms with Crippen LogP contribution in [0.4, 0.5) is 0 Å². The Balaban J connectivity index is 1.10. The molecular formula is C46H33N3O2. The fourth-order valence-corrected chi connectivity index (χ4v) is 7.05. The van der Waals surface area contributed by atoms with Crippen LogP contribution in [0, 0.1) is 0 Å². The number of para-hydroxylation sites is 1. The van der Waals surface area contributed by atoms with Crippen molar-refractivity contribution in [2.75, 3.05) is 0 Å². The Morgan fingerprint density at radius 3 is 2.29 bits per heavy atom. The zero-order valence-corrected chi connectivity index (χ0v) is 27.8. The van der Waals surface area contributed by atoms with Crippen molar-refractivity contribution >= 4 is 65.9 Å². The van der Waals surface area contributed by atoms with Gasteiger partial charge in [-0.05, 0) is 92.5 Å². The largest absolute Gasteiger partial charge is 0.461 e. The van der Waals surface area contributed by atoms with Gasteiger partial charge >= 0.3 is 0 Å². The van der Waals surface area contributed by atoms with Crippen LogP contribution in [-0.4, -0.2) is 11.7 Å². The molecule has 0 unspecified atom stereocenters. The van der Waals surface area contributed by atoms with E-state index in [9.17, 15) is 0 Å². The topological polar surface area (TPSA) is 73.1 Å². The van der Waals surface area contributed by atoms with Gasteiger partial charge in [0, 0.05) is 33.9 Å². The van der Waals surface area contributed by atoms with Crippen molar-refractivity contribution < 1.29 is 9.15 Å². The van der Waals surface area contributed by atoms with Gasteiger partial charge in [0.05, 0.1) is 6.54 Å². The molecule has 5 nitrogen and oxygen atoms in total. The first-order valence-electron chi connectivity index (χ1n) is 17.0. The van der Waals surface area contributed by atoms with Gasteiger partial charge in [0.25, 0.3) is 0 Å². The van der Waals surface area contributed by atoms with Crippen molar-refractivity contribution in [1.29, 1.82) is 0 Å². The first-order chi connectivity index (χ1) is 25.1. The van der Waals surface area contributed by atoms with Crippen molar-refractivity contribution in [3.63, 3.8) is 0 Å². The number of furan rings is 1. The molecule has 0 saturated carbocycles.